The number of halogens is 1. The van der Waals surface area contributed by atoms with Gasteiger partial charge in [-0.1, -0.05) is 39.8 Å². The number of aryl methyl sites for hydroxylation is 1. The number of benzene rings is 1. The molecule has 0 radical (unpaired) electrons. The summed E-state index contributed by atoms with van der Waals surface area (Å²) in [6, 6.07) is 5.33. The predicted octanol–water partition coefficient (Wildman–Crippen LogP) is 4.52. The Bertz CT molecular complexity index is 472. The lowest BCUT2D eigenvalue weighted by Crippen LogP contribution is -2.49. The van der Waals surface area contributed by atoms with Crippen LogP contribution in [-0.4, -0.2) is 0 Å². The van der Waals surface area contributed by atoms with Crippen molar-refractivity contribution in [1.82, 2.24) is 0 Å². The Morgan fingerprint density at radius 2 is 1.53 bits per heavy atom. The molecule has 0 heterocycles. The molecular weight excluding hydrogens is 237 g/mol. The van der Waals surface area contributed by atoms with Crippen LogP contribution in [-0.2, 0) is 5.54 Å². The van der Waals surface area contributed by atoms with Crippen LogP contribution in [0.3, 0.4) is 0 Å². The van der Waals surface area contributed by atoms with Crippen LogP contribution in [0.5, 0.6) is 0 Å². The molecule has 0 atom stereocenters. The van der Waals surface area contributed by atoms with Gasteiger partial charge < -0.3 is 5.73 Å². The topological polar surface area (TPSA) is 26.0 Å². The Kier molecular flexibility index (Phi) is 3.29. The van der Waals surface area contributed by atoms with Gasteiger partial charge in [-0.05, 0) is 54.2 Å². The van der Waals surface area contributed by atoms with E-state index in [9.17, 15) is 4.39 Å². The standard InChI is InChI=1S/C17H26FN/c1-12-8-13(6-7-14(12)18)17(19)10-15(2,3)9-16(4,5)11-17/h6-8H,9-11,19H2,1-5H3. The molecule has 2 N–H and O–H groups in total. The van der Waals surface area contributed by atoms with Crippen LogP contribution in [0, 0.1) is 23.6 Å². The van der Waals surface area contributed by atoms with Gasteiger partial charge in [0.2, 0.25) is 0 Å². The van der Waals surface area contributed by atoms with Crippen molar-refractivity contribution in [1.29, 1.82) is 0 Å². The molecule has 0 amide bonds. The molecule has 1 fully saturated rings. The Morgan fingerprint density at radius 1 is 1.00 bits per heavy atom. The first-order valence-electron chi connectivity index (χ1n) is 7.09. The highest BCUT2D eigenvalue weighted by Gasteiger charge is 2.46. The van der Waals surface area contributed by atoms with Crippen molar-refractivity contribution in [3.05, 3.63) is 35.1 Å². The van der Waals surface area contributed by atoms with Gasteiger partial charge in [0.05, 0.1) is 0 Å². The van der Waals surface area contributed by atoms with Gasteiger partial charge in [0, 0.05) is 5.54 Å². The second-order valence-corrected chi connectivity index (χ2v) is 7.98. The maximum atomic E-state index is 13.5. The zero-order chi connectivity index (χ0) is 14.5. The first kappa shape index (κ1) is 14.5. The molecule has 0 unspecified atom stereocenters. The van der Waals surface area contributed by atoms with Crippen molar-refractivity contribution in [2.75, 3.05) is 0 Å². The quantitative estimate of drug-likeness (QED) is 0.791. The molecule has 1 aromatic carbocycles. The third-order valence-corrected chi connectivity index (χ3v) is 4.28. The van der Waals surface area contributed by atoms with E-state index in [1.165, 1.54) is 6.42 Å². The first-order valence-corrected chi connectivity index (χ1v) is 7.09. The molecule has 0 aromatic heterocycles. The summed E-state index contributed by atoms with van der Waals surface area (Å²) in [5.41, 5.74) is 8.59. The lowest BCUT2D eigenvalue weighted by Gasteiger charge is -2.50. The number of rotatable bonds is 1. The van der Waals surface area contributed by atoms with Crippen molar-refractivity contribution >= 4 is 0 Å². The van der Waals surface area contributed by atoms with E-state index in [4.69, 9.17) is 5.73 Å². The van der Waals surface area contributed by atoms with Crippen LogP contribution in [0.15, 0.2) is 18.2 Å². The summed E-state index contributed by atoms with van der Waals surface area (Å²) >= 11 is 0. The van der Waals surface area contributed by atoms with E-state index >= 15 is 0 Å². The minimum atomic E-state index is -0.344. The molecule has 19 heavy (non-hydrogen) atoms. The van der Waals surface area contributed by atoms with Gasteiger partial charge in [0.25, 0.3) is 0 Å². The fourth-order valence-electron chi connectivity index (χ4n) is 4.35. The van der Waals surface area contributed by atoms with Gasteiger partial charge in [-0.25, -0.2) is 4.39 Å². The molecule has 1 nitrogen and oxygen atoms in total. The van der Waals surface area contributed by atoms with Crippen molar-refractivity contribution in [2.45, 2.75) is 59.4 Å². The lowest BCUT2D eigenvalue weighted by atomic mass is 9.57. The maximum Gasteiger partial charge on any atom is 0.126 e. The predicted molar refractivity (Wildman–Crippen MR) is 78.4 cm³/mol. The van der Waals surface area contributed by atoms with Crippen molar-refractivity contribution in [3.63, 3.8) is 0 Å². The fourth-order valence-corrected chi connectivity index (χ4v) is 4.35. The van der Waals surface area contributed by atoms with Crippen molar-refractivity contribution < 1.29 is 4.39 Å². The molecule has 1 aromatic rings. The van der Waals surface area contributed by atoms with E-state index in [0.29, 0.717) is 5.56 Å². The van der Waals surface area contributed by atoms with Crippen LogP contribution < -0.4 is 5.73 Å². The summed E-state index contributed by atoms with van der Waals surface area (Å²) < 4.78 is 13.5. The van der Waals surface area contributed by atoms with Gasteiger partial charge in [0.1, 0.15) is 5.82 Å². The molecule has 0 saturated heterocycles. The SMILES string of the molecule is Cc1cc(C2(N)CC(C)(C)CC(C)(C)C2)ccc1F. The van der Waals surface area contributed by atoms with Crippen LogP contribution in [0.4, 0.5) is 4.39 Å². The second kappa shape index (κ2) is 4.31. The molecule has 2 rings (SSSR count). The van der Waals surface area contributed by atoms with Crippen molar-refractivity contribution in [3.8, 4) is 0 Å². The summed E-state index contributed by atoms with van der Waals surface area (Å²) in [7, 11) is 0. The molecule has 0 spiro atoms. The third-order valence-electron chi connectivity index (χ3n) is 4.28. The molecular formula is C17H26FN. The molecule has 106 valence electrons. The van der Waals surface area contributed by atoms with Gasteiger partial charge in [0.15, 0.2) is 0 Å². The van der Waals surface area contributed by atoms with E-state index in [1.54, 1.807) is 13.0 Å². The average molecular weight is 263 g/mol. The Balaban J connectivity index is 2.43. The lowest BCUT2D eigenvalue weighted by molar-refractivity contribution is 0.0470. The smallest absolute Gasteiger partial charge is 0.126 e. The highest BCUT2D eigenvalue weighted by atomic mass is 19.1. The molecule has 0 bridgehead atoms. The zero-order valence-electron chi connectivity index (χ0n) is 12.8. The average Bonchev–Trinajstić information content (AvgIpc) is 2.16. The number of hydrogen-bond acceptors (Lipinski definition) is 1. The van der Waals surface area contributed by atoms with Gasteiger partial charge >= 0.3 is 0 Å². The molecule has 1 aliphatic rings. The zero-order valence-corrected chi connectivity index (χ0v) is 12.8. The van der Waals surface area contributed by atoms with Crippen LogP contribution in [0.2, 0.25) is 0 Å². The second-order valence-electron chi connectivity index (χ2n) is 7.98. The van der Waals surface area contributed by atoms with Crippen LogP contribution in [0.1, 0.15) is 58.1 Å². The highest BCUT2D eigenvalue weighted by Crippen LogP contribution is 2.52. The van der Waals surface area contributed by atoms with E-state index in [-0.39, 0.29) is 22.2 Å². The summed E-state index contributed by atoms with van der Waals surface area (Å²) in [4.78, 5) is 0. The Hall–Kier alpha value is -0.890. The van der Waals surface area contributed by atoms with Gasteiger partial charge in [-0.2, -0.15) is 0 Å². The van der Waals surface area contributed by atoms with E-state index in [1.807, 2.05) is 12.1 Å². The van der Waals surface area contributed by atoms with Gasteiger partial charge in [-0.15, -0.1) is 0 Å². The van der Waals surface area contributed by atoms with E-state index in [2.05, 4.69) is 27.7 Å². The fraction of sp³-hybridized carbons (Fsp3) is 0.647. The maximum absolute atomic E-state index is 13.5. The Labute approximate surface area is 116 Å². The van der Waals surface area contributed by atoms with Gasteiger partial charge in [-0.3, -0.25) is 0 Å². The third kappa shape index (κ3) is 3.00. The van der Waals surface area contributed by atoms with Crippen molar-refractivity contribution in [2.24, 2.45) is 16.6 Å². The summed E-state index contributed by atoms with van der Waals surface area (Å²) in [6.45, 7) is 10.9. The molecule has 1 aliphatic carbocycles. The van der Waals surface area contributed by atoms with Crippen LogP contribution in [0.25, 0.3) is 0 Å². The molecule has 2 heteroatoms. The minimum Gasteiger partial charge on any atom is -0.321 e. The first-order chi connectivity index (χ1) is 8.53. The van der Waals surface area contributed by atoms with Crippen LogP contribution >= 0.6 is 0 Å². The van der Waals surface area contributed by atoms with E-state index in [0.717, 1.165) is 18.4 Å². The molecule has 0 aliphatic heterocycles. The normalized spacial score (nSPS) is 24.2. The minimum absolute atomic E-state index is 0.151. The summed E-state index contributed by atoms with van der Waals surface area (Å²) in [5, 5.41) is 0. The number of nitrogens with two attached hydrogens (primary N) is 1. The van der Waals surface area contributed by atoms with E-state index < -0.39 is 0 Å². The summed E-state index contributed by atoms with van der Waals surface area (Å²) in [6.07, 6.45) is 3.09. The highest BCUT2D eigenvalue weighted by molar-refractivity contribution is 5.31. The Morgan fingerprint density at radius 3 is 2.00 bits per heavy atom. The molecule has 1 saturated carbocycles. The monoisotopic (exact) mass is 263 g/mol. The number of hydrogen-bond donors (Lipinski definition) is 1. The largest absolute Gasteiger partial charge is 0.321 e. The summed E-state index contributed by atoms with van der Waals surface area (Å²) in [5.74, 6) is -0.151.